The molecule has 28 heavy (non-hydrogen) atoms. The average molecular weight is 395 g/mol. The van der Waals surface area contributed by atoms with Gasteiger partial charge in [0.15, 0.2) is 0 Å². The lowest BCUT2D eigenvalue weighted by Crippen LogP contribution is -2.45. The Morgan fingerprint density at radius 1 is 0.964 bits per heavy atom. The summed E-state index contributed by atoms with van der Waals surface area (Å²) < 4.78 is 0. The van der Waals surface area contributed by atoms with E-state index in [1.54, 1.807) is 36.4 Å². The molecule has 0 unspecified atom stereocenters. The number of amides is 1. The molecule has 1 amide bonds. The first-order valence-corrected chi connectivity index (χ1v) is 8.95. The molecule has 7 heteroatoms. The van der Waals surface area contributed by atoms with Crippen molar-refractivity contribution in [2.45, 2.75) is 6.92 Å². The summed E-state index contributed by atoms with van der Waals surface area (Å²) in [6.45, 7) is 1.39. The molecule has 6 nitrogen and oxygen atoms in total. The molecule has 3 rings (SSSR count). The molecule has 0 saturated carbocycles. The Labute approximate surface area is 167 Å². The van der Waals surface area contributed by atoms with E-state index in [4.69, 9.17) is 11.6 Å². The summed E-state index contributed by atoms with van der Waals surface area (Å²) in [6, 6.07) is 20.1. The third-order valence-corrected chi connectivity index (χ3v) is 4.37. The lowest BCUT2D eigenvalue weighted by molar-refractivity contribution is -0.129. The number of hydrogen-bond acceptors (Lipinski definition) is 4. The van der Waals surface area contributed by atoms with Gasteiger partial charge in [-0.1, -0.05) is 48.0 Å². The maximum absolute atomic E-state index is 13.0. The Morgan fingerprint density at radius 2 is 1.64 bits per heavy atom. The fourth-order valence-electron chi connectivity index (χ4n) is 2.48. The van der Waals surface area contributed by atoms with E-state index in [9.17, 15) is 9.59 Å². The number of ketones is 1. The molecule has 142 valence electrons. The Hall–Kier alpha value is -3.38. The monoisotopic (exact) mass is 394 g/mol. The van der Waals surface area contributed by atoms with Crippen LogP contribution in [0.5, 0.6) is 0 Å². The minimum atomic E-state index is -0.347. The first kappa shape index (κ1) is 19.4. The standard InChI is InChI=1S/C21H19ClN4O2/c1-14(27)26(2)25-21(24-23-19-11-9-18(22)10-12-19)20(28)17-8-7-15-5-3-4-6-16(15)13-17/h3-13,23H,1-2H3,(H,24,25). The Morgan fingerprint density at radius 3 is 2.32 bits per heavy atom. The maximum Gasteiger partial charge on any atom is 0.237 e. The van der Waals surface area contributed by atoms with E-state index in [2.05, 4.69) is 16.0 Å². The highest BCUT2D eigenvalue weighted by molar-refractivity contribution is 6.45. The zero-order valence-corrected chi connectivity index (χ0v) is 16.2. The predicted molar refractivity (Wildman–Crippen MR) is 112 cm³/mol. The zero-order valence-electron chi connectivity index (χ0n) is 15.4. The van der Waals surface area contributed by atoms with Gasteiger partial charge in [0.2, 0.25) is 17.5 Å². The molecule has 2 N–H and O–H groups in total. The van der Waals surface area contributed by atoms with Crippen molar-refractivity contribution in [3.8, 4) is 0 Å². The Kier molecular flexibility index (Phi) is 5.91. The first-order chi connectivity index (χ1) is 13.4. The summed E-state index contributed by atoms with van der Waals surface area (Å²) in [5.41, 5.74) is 6.66. The first-order valence-electron chi connectivity index (χ1n) is 8.58. The molecule has 3 aromatic carbocycles. The maximum atomic E-state index is 13.0. The van der Waals surface area contributed by atoms with Crippen molar-refractivity contribution in [2.24, 2.45) is 5.10 Å². The number of Topliss-reactive ketones (excluding diaryl/α,β-unsaturated/α-hetero) is 1. The van der Waals surface area contributed by atoms with Gasteiger partial charge in [-0.25, -0.2) is 0 Å². The van der Waals surface area contributed by atoms with Crippen LogP contribution in [-0.2, 0) is 4.79 Å². The van der Waals surface area contributed by atoms with Crippen LogP contribution in [0, 0.1) is 0 Å². The highest BCUT2D eigenvalue weighted by Crippen LogP contribution is 2.17. The van der Waals surface area contributed by atoms with E-state index >= 15 is 0 Å². The van der Waals surface area contributed by atoms with Gasteiger partial charge in [-0.3, -0.25) is 25.4 Å². The largest absolute Gasteiger partial charge is 0.285 e. The van der Waals surface area contributed by atoms with Gasteiger partial charge in [0.1, 0.15) is 0 Å². The zero-order chi connectivity index (χ0) is 20.1. The molecule has 0 aliphatic carbocycles. The number of hydrogen-bond donors (Lipinski definition) is 2. The second-order valence-corrected chi connectivity index (χ2v) is 6.60. The normalized spacial score (nSPS) is 11.2. The molecule has 0 aliphatic heterocycles. The number of nitrogens with one attached hydrogen (secondary N) is 2. The van der Waals surface area contributed by atoms with E-state index in [-0.39, 0.29) is 17.5 Å². The fraction of sp³-hybridized carbons (Fsp3) is 0.0952. The van der Waals surface area contributed by atoms with E-state index < -0.39 is 0 Å². The van der Waals surface area contributed by atoms with Crippen LogP contribution in [0.1, 0.15) is 17.3 Å². The van der Waals surface area contributed by atoms with Gasteiger partial charge in [-0.15, -0.1) is 0 Å². The molecule has 0 fully saturated rings. The van der Waals surface area contributed by atoms with E-state index in [0.29, 0.717) is 16.3 Å². The van der Waals surface area contributed by atoms with Gasteiger partial charge >= 0.3 is 0 Å². The van der Waals surface area contributed by atoms with E-state index in [1.807, 2.05) is 30.3 Å². The summed E-state index contributed by atoms with van der Waals surface area (Å²) in [4.78, 5) is 24.6. The van der Waals surface area contributed by atoms with Gasteiger partial charge < -0.3 is 0 Å². The number of hydrazine groups is 1. The minimum absolute atomic E-state index is 0.0112. The van der Waals surface area contributed by atoms with Crippen LogP contribution in [0.3, 0.4) is 0 Å². The van der Waals surface area contributed by atoms with Crippen molar-refractivity contribution in [3.05, 3.63) is 77.3 Å². The number of amidine groups is 1. The Bertz CT molecular complexity index is 1050. The lowest BCUT2D eigenvalue weighted by Gasteiger charge is -2.18. The third-order valence-electron chi connectivity index (χ3n) is 4.11. The topological polar surface area (TPSA) is 73.8 Å². The van der Waals surface area contributed by atoms with Gasteiger partial charge in [0, 0.05) is 24.6 Å². The van der Waals surface area contributed by atoms with Crippen LogP contribution in [0.15, 0.2) is 71.8 Å². The molecule has 0 radical (unpaired) electrons. The van der Waals surface area contributed by atoms with Gasteiger partial charge in [0.25, 0.3) is 0 Å². The minimum Gasteiger partial charge on any atom is -0.285 e. The second-order valence-electron chi connectivity index (χ2n) is 6.16. The molecule has 0 bridgehead atoms. The quantitative estimate of drug-likeness (QED) is 0.302. The summed E-state index contributed by atoms with van der Waals surface area (Å²) in [5.74, 6) is -0.617. The van der Waals surface area contributed by atoms with Crippen LogP contribution < -0.4 is 10.9 Å². The van der Waals surface area contributed by atoms with Crippen molar-refractivity contribution in [2.75, 3.05) is 12.5 Å². The molecule has 0 aromatic heterocycles. The van der Waals surface area contributed by atoms with Crippen LogP contribution in [0.4, 0.5) is 5.69 Å². The van der Waals surface area contributed by atoms with Crippen LogP contribution in [0.2, 0.25) is 5.02 Å². The van der Waals surface area contributed by atoms with E-state index in [1.165, 1.54) is 19.0 Å². The number of halogens is 1. The van der Waals surface area contributed by atoms with Crippen molar-refractivity contribution in [3.63, 3.8) is 0 Å². The summed E-state index contributed by atoms with van der Waals surface area (Å²) in [6.07, 6.45) is 0. The van der Waals surface area contributed by atoms with Gasteiger partial charge in [-0.05, 0) is 41.1 Å². The number of fused-ring (bicyclic) bond motifs is 1. The fourth-order valence-corrected chi connectivity index (χ4v) is 2.60. The molecule has 0 atom stereocenters. The smallest absolute Gasteiger partial charge is 0.237 e. The average Bonchev–Trinajstić information content (AvgIpc) is 2.71. The molecule has 0 spiro atoms. The second kappa shape index (κ2) is 8.54. The molecule has 0 heterocycles. The number of benzene rings is 3. The number of carbonyl (C=O) groups excluding carboxylic acids is 2. The number of carbonyl (C=O) groups is 2. The van der Waals surface area contributed by atoms with E-state index in [0.717, 1.165) is 10.8 Å². The van der Waals surface area contributed by atoms with Crippen LogP contribution in [0.25, 0.3) is 10.8 Å². The Balaban J connectivity index is 1.91. The van der Waals surface area contributed by atoms with Crippen molar-refractivity contribution in [1.29, 1.82) is 0 Å². The summed E-state index contributed by atoms with van der Waals surface area (Å²) in [7, 11) is 1.52. The van der Waals surface area contributed by atoms with Crippen molar-refractivity contribution >= 4 is 45.6 Å². The molecule has 0 aliphatic rings. The predicted octanol–water partition coefficient (Wildman–Crippen LogP) is 4.08. The van der Waals surface area contributed by atoms with Crippen LogP contribution >= 0.6 is 11.6 Å². The molecular formula is C21H19ClN4O2. The third kappa shape index (κ3) is 4.66. The van der Waals surface area contributed by atoms with Gasteiger partial charge in [-0.2, -0.15) is 5.10 Å². The summed E-state index contributed by atoms with van der Waals surface area (Å²) in [5, 5.41) is 7.94. The lowest BCUT2D eigenvalue weighted by atomic mass is 10.0. The highest BCUT2D eigenvalue weighted by atomic mass is 35.5. The number of anilines is 1. The van der Waals surface area contributed by atoms with Crippen molar-refractivity contribution < 1.29 is 9.59 Å². The SMILES string of the molecule is CC(=O)N(C)N/C(=N\Nc1ccc(Cl)cc1)C(=O)c1ccc2ccccc2c1. The number of rotatable bonds is 4. The summed E-state index contributed by atoms with van der Waals surface area (Å²) >= 11 is 5.88. The van der Waals surface area contributed by atoms with Crippen molar-refractivity contribution in [1.82, 2.24) is 10.4 Å². The molecule has 3 aromatic rings. The highest BCUT2D eigenvalue weighted by Gasteiger charge is 2.17. The molecule has 0 saturated heterocycles. The van der Waals surface area contributed by atoms with Gasteiger partial charge in [0.05, 0.1) is 5.69 Å². The number of hydrazone groups is 1. The number of nitrogens with zero attached hydrogens (tertiary/aromatic N) is 2. The molecular weight excluding hydrogens is 376 g/mol. The van der Waals surface area contributed by atoms with Crippen LogP contribution in [-0.4, -0.2) is 29.6 Å².